The van der Waals surface area contributed by atoms with Crippen LogP contribution in [0.1, 0.15) is 39.9 Å². The highest BCUT2D eigenvalue weighted by Gasteiger charge is 2.35. The van der Waals surface area contributed by atoms with Gasteiger partial charge in [0.15, 0.2) is 5.78 Å². The van der Waals surface area contributed by atoms with Gasteiger partial charge in [0.2, 0.25) is 0 Å². The minimum atomic E-state index is -3.79. The lowest BCUT2D eigenvalue weighted by atomic mass is 9.83. The summed E-state index contributed by atoms with van der Waals surface area (Å²) in [4.78, 5) is 15.7. The molecule has 0 saturated carbocycles. The van der Waals surface area contributed by atoms with Crippen molar-refractivity contribution in [2.75, 3.05) is 31.6 Å². The van der Waals surface area contributed by atoms with Gasteiger partial charge in [-0.05, 0) is 86.8 Å². The van der Waals surface area contributed by atoms with Gasteiger partial charge in [0, 0.05) is 36.2 Å². The summed E-state index contributed by atoms with van der Waals surface area (Å²) in [6.45, 7) is 3.83. The second-order valence-electron chi connectivity index (χ2n) is 10.6. The number of carbonyl (C=O) groups is 1. The number of fused-ring (bicyclic) bond motifs is 1. The van der Waals surface area contributed by atoms with E-state index in [9.17, 15) is 18.3 Å². The maximum atomic E-state index is 13.2. The molecular formula is C31H36N2O5S. The van der Waals surface area contributed by atoms with Crippen molar-refractivity contribution in [1.82, 2.24) is 4.90 Å². The zero-order valence-corrected chi connectivity index (χ0v) is 23.1. The number of nitrogens with one attached hydrogen (secondary N) is 1. The highest BCUT2D eigenvalue weighted by Crippen LogP contribution is 2.29. The Balaban J connectivity index is 1.08. The summed E-state index contributed by atoms with van der Waals surface area (Å²) in [5, 5.41) is 13.9. The highest BCUT2D eigenvalue weighted by molar-refractivity contribution is 7.86. The SMILES string of the molecule is Cc1ccc(S(=O)(=O)OCCNc2ccc(C(=O)C3CCN(C4Cc5ccccc5CC4O)CC3)cc2)cc1. The zero-order chi connectivity index (χ0) is 27.4. The summed E-state index contributed by atoms with van der Waals surface area (Å²) < 4.78 is 29.7. The average Bonchev–Trinajstić information content (AvgIpc) is 2.95. The third kappa shape index (κ3) is 6.58. The molecule has 5 rings (SSSR count). The van der Waals surface area contributed by atoms with Crippen LogP contribution in [0.2, 0.25) is 0 Å². The molecule has 1 aliphatic heterocycles. The molecular weight excluding hydrogens is 512 g/mol. The maximum Gasteiger partial charge on any atom is 0.297 e. The van der Waals surface area contributed by atoms with Gasteiger partial charge >= 0.3 is 0 Å². The summed E-state index contributed by atoms with van der Waals surface area (Å²) in [6.07, 6.45) is 2.75. The first-order valence-corrected chi connectivity index (χ1v) is 15.0. The predicted molar refractivity (Wildman–Crippen MR) is 152 cm³/mol. The van der Waals surface area contributed by atoms with Gasteiger partial charge in [-0.1, -0.05) is 42.0 Å². The summed E-state index contributed by atoms with van der Waals surface area (Å²) in [5.74, 6) is 0.136. The Bertz CT molecular complexity index is 1380. The van der Waals surface area contributed by atoms with Crippen LogP contribution in [0.5, 0.6) is 0 Å². The van der Waals surface area contributed by atoms with Crippen molar-refractivity contribution in [3.05, 3.63) is 95.1 Å². The third-order valence-electron chi connectivity index (χ3n) is 7.94. The average molecular weight is 549 g/mol. The minimum Gasteiger partial charge on any atom is -0.391 e. The van der Waals surface area contributed by atoms with E-state index in [-0.39, 0.29) is 35.3 Å². The fraction of sp³-hybridized carbons (Fsp3) is 0.387. The van der Waals surface area contributed by atoms with Gasteiger partial charge in [0.05, 0.1) is 17.6 Å². The van der Waals surface area contributed by atoms with Crippen LogP contribution >= 0.6 is 0 Å². The Morgan fingerprint density at radius 1 is 0.949 bits per heavy atom. The molecule has 3 aromatic carbocycles. The summed E-state index contributed by atoms with van der Waals surface area (Å²) in [6, 6.07) is 22.3. The van der Waals surface area contributed by atoms with Crippen molar-refractivity contribution >= 4 is 21.6 Å². The second kappa shape index (κ2) is 12.0. The van der Waals surface area contributed by atoms with Gasteiger partial charge in [0.25, 0.3) is 10.1 Å². The smallest absolute Gasteiger partial charge is 0.297 e. The van der Waals surface area contributed by atoms with Crippen LogP contribution in [0.15, 0.2) is 77.7 Å². The van der Waals surface area contributed by atoms with Crippen molar-refractivity contribution in [1.29, 1.82) is 0 Å². The second-order valence-corrected chi connectivity index (χ2v) is 12.2. The molecule has 0 amide bonds. The lowest BCUT2D eigenvalue weighted by Gasteiger charge is -2.41. The molecule has 0 bridgehead atoms. The van der Waals surface area contributed by atoms with Crippen LogP contribution in [-0.4, -0.2) is 62.6 Å². The number of piperidine rings is 1. The van der Waals surface area contributed by atoms with Gasteiger partial charge in [-0.15, -0.1) is 0 Å². The van der Waals surface area contributed by atoms with Gasteiger partial charge in [0.1, 0.15) is 0 Å². The lowest BCUT2D eigenvalue weighted by Crippen LogP contribution is -2.51. The first kappa shape index (κ1) is 27.5. The first-order chi connectivity index (χ1) is 18.8. The molecule has 1 saturated heterocycles. The van der Waals surface area contributed by atoms with Crippen molar-refractivity contribution in [2.24, 2.45) is 5.92 Å². The molecule has 0 radical (unpaired) electrons. The molecule has 0 aromatic heterocycles. The van der Waals surface area contributed by atoms with E-state index in [0.717, 1.165) is 43.6 Å². The fourth-order valence-corrected chi connectivity index (χ4v) is 6.56. The topological polar surface area (TPSA) is 95.9 Å². The quantitative estimate of drug-likeness (QED) is 0.235. The van der Waals surface area contributed by atoms with Gasteiger partial charge in [-0.2, -0.15) is 8.42 Å². The number of hydrogen-bond acceptors (Lipinski definition) is 7. The predicted octanol–water partition coefficient (Wildman–Crippen LogP) is 4.24. The number of carbonyl (C=O) groups excluding carboxylic acids is 1. The van der Waals surface area contributed by atoms with Crippen molar-refractivity contribution < 1.29 is 22.5 Å². The molecule has 3 aromatic rings. The summed E-state index contributed by atoms with van der Waals surface area (Å²) in [7, 11) is -3.79. The maximum absolute atomic E-state index is 13.2. The van der Waals surface area contributed by atoms with Crippen molar-refractivity contribution in [3.8, 4) is 0 Å². The number of hydrogen-bond donors (Lipinski definition) is 2. The third-order valence-corrected chi connectivity index (χ3v) is 9.27. The van der Waals surface area contributed by atoms with Crippen LogP contribution in [0.3, 0.4) is 0 Å². The number of benzene rings is 3. The number of Topliss-reactive ketones (excluding diaryl/α,β-unsaturated/α-hetero) is 1. The van der Waals surface area contributed by atoms with Gasteiger partial charge in [-0.25, -0.2) is 0 Å². The number of ketones is 1. The molecule has 1 heterocycles. The Kier molecular flexibility index (Phi) is 8.47. The molecule has 1 aliphatic carbocycles. The Hall–Kier alpha value is -3.04. The minimum absolute atomic E-state index is 0.00323. The van der Waals surface area contributed by atoms with Crippen LogP contribution < -0.4 is 5.32 Å². The largest absolute Gasteiger partial charge is 0.391 e. The lowest BCUT2D eigenvalue weighted by molar-refractivity contribution is 0.0239. The number of aliphatic hydroxyl groups excluding tert-OH is 1. The molecule has 8 heteroatoms. The van der Waals surface area contributed by atoms with Crippen LogP contribution in [0.25, 0.3) is 0 Å². The molecule has 206 valence electrons. The molecule has 7 nitrogen and oxygen atoms in total. The van der Waals surface area contributed by atoms with E-state index >= 15 is 0 Å². The summed E-state index contributed by atoms with van der Waals surface area (Å²) >= 11 is 0. The summed E-state index contributed by atoms with van der Waals surface area (Å²) in [5.41, 5.74) is 5.02. The molecule has 2 atom stereocenters. The van der Waals surface area contributed by atoms with Crippen LogP contribution in [0, 0.1) is 12.8 Å². The van der Waals surface area contributed by atoms with Crippen molar-refractivity contribution in [2.45, 2.75) is 49.6 Å². The van der Waals surface area contributed by atoms with E-state index in [0.29, 0.717) is 18.5 Å². The van der Waals surface area contributed by atoms with Gasteiger partial charge < -0.3 is 10.4 Å². The number of nitrogens with zero attached hydrogens (tertiary/aromatic N) is 1. The number of anilines is 1. The molecule has 39 heavy (non-hydrogen) atoms. The molecule has 0 spiro atoms. The molecule has 2 N–H and O–H groups in total. The van der Waals surface area contributed by atoms with E-state index in [1.807, 2.05) is 37.3 Å². The number of rotatable bonds is 9. The Labute approximate surface area is 230 Å². The van der Waals surface area contributed by atoms with E-state index in [2.05, 4.69) is 28.4 Å². The Morgan fingerprint density at radius 3 is 2.26 bits per heavy atom. The van der Waals surface area contributed by atoms with Crippen molar-refractivity contribution in [3.63, 3.8) is 0 Å². The monoisotopic (exact) mass is 548 g/mol. The molecule has 1 fully saturated rings. The Morgan fingerprint density at radius 2 is 1.59 bits per heavy atom. The fourth-order valence-electron chi connectivity index (χ4n) is 5.65. The van der Waals surface area contributed by atoms with E-state index in [4.69, 9.17) is 4.18 Å². The van der Waals surface area contributed by atoms with Crippen LogP contribution in [0.4, 0.5) is 5.69 Å². The zero-order valence-electron chi connectivity index (χ0n) is 22.3. The van der Waals surface area contributed by atoms with E-state index in [1.165, 1.54) is 23.3 Å². The normalized spacial score (nSPS) is 20.4. The first-order valence-electron chi connectivity index (χ1n) is 13.6. The number of aryl methyl sites for hydroxylation is 1. The number of aliphatic hydroxyl groups is 1. The van der Waals surface area contributed by atoms with E-state index in [1.54, 1.807) is 12.1 Å². The van der Waals surface area contributed by atoms with Crippen LogP contribution in [-0.2, 0) is 27.1 Å². The highest BCUT2D eigenvalue weighted by atomic mass is 32.2. The van der Waals surface area contributed by atoms with Gasteiger partial charge in [-0.3, -0.25) is 13.9 Å². The molecule has 2 aliphatic rings. The van der Waals surface area contributed by atoms with E-state index < -0.39 is 10.1 Å². The molecule has 2 unspecified atom stereocenters. The standard InChI is InChI=1S/C31H36N2O5S/c1-22-6-12-28(13-7-22)39(36,37)38-19-16-32-27-10-8-23(9-11-27)31(35)24-14-17-33(18-15-24)29-20-25-4-2-3-5-26(25)21-30(29)34/h2-13,24,29-30,32,34H,14-21H2,1H3. The number of likely N-dealkylation sites (tertiary alicyclic amines) is 1.